The SMILES string of the molecule is COCCOCCCCn1cnc(C(=O)OC)c1N. The first-order chi connectivity index (χ1) is 9.20. The molecule has 0 amide bonds. The molecule has 7 heteroatoms. The Morgan fingerprint density at radius 3 is 2.79 bits per heavy atom. The van der Waals surface area contributed by atoms with Crippen molar-refractivity contribution in [2.24, 2.45) is 0 Å². The van der Waals surface area contributed by atoms with Gasteiger partial charge in [-0.1, -0.05) is 0 Å². The smallest absolute Gasteiger partial charge is 0.360 e. The van der Waals surface area contributed by atoms with Crippen LogP contribution < -0.4 is 5.73 Å². The molecule has 108 valence electrons. The van der Waals surface area contributed by atoms with Gasteiger partial charge in [-0.15, -0.1) is 0 Å². The lowest BCUT2D eigenvalue weighted by molar-refractivity contribution is 0.0596. The number of aromatic nitrogens is 2. The van der Waals surface area contributed by atoms with Crippen LogP contribution in [0, 0.1) is 0 Å². The van der Waals surface area contributed by atoms with E-state index in [0.29, 0.717) is 32.2 Å². The number of carbonyl (C=O) groups excluding carboxylic acids is 1. The van der Waals surface area contributed by atoms with Crippen molar-refractivity contribution in [2.45, 2.75) is 19.4 Å². The molecular formula is C12H21N3O4. The lowest BCUT2D eigenvalue weighted by Crippen LogP contribution is -2.09. The summed E-state index contributed by atoms with van der Waals surface area (Å²) in [6.07, 6.45) is 3.36. The van der Waals surface area contributed by atoms with E-state index >= 15 is 0 Å². The van der Waals surface area contributed by atoms with E-state index < -0.39 is 5.97 Å². The molecule has 0 saturated heterocycles. The third-order valence-electron chi connectivity index (χ3n) is 2.63. The number of nitrogen functional groups attached to an aromatic ring is 1. The number of esters is 1. The van der Waals surface area contributed by atoms with Crippen LogP contribution in [0.3, 0.4) is 0 Å². The molecule has 1 heterocycles. The van der Waals surface area contributed by atoms with Crippen LogP contribution in [0.25, 0.3) is 0 Å². The van der Waals surface area contributed by atoms with Gasteiger partial charge in [0, 0.05) is 20.3 Å². The fourth-order valence-corrected chi connectivity index (χ4v) is 1.55. The van der Waals surface area contributed by atoms with Crippen molar-refractivity contribution in [3.63, 3.8) is 0 Å². The van der Waals surface area contributed by atoms with E-state index in [1.54, 1.807) is 18.0 Å². The Labute approximate surface area is 112 Å². The number of ether oxygens (including phenoxy) is 3. The number of methoxy groups -OCH3 is 2. The molecular weight excluding hydrogens is 250 g/mol. The Hall–Kier alpha value is -1.60. The fraction of sp³-hybridized carbons (Fsp3) is 0.667. The largest absolute Gasteiger partial charge is 0.464 e. The molecule has 7 nitrogen and oxygen atoms in total. The predicted octanol–water partition coefficient (Wildman–Crippen LogP) is 0.695. The number of hydrogen-bond donors (Lipinski definition) is 1. The number of imidazole rings is 1. The third-order valence-corrected chi connectivity index (χ3v) is 2.63. The van der Waals surface area contributed by atoms with Crippen molar-refractivity contribution in [1.29, 1.82) is 0 Å². The van der Waals surface area contributed by atoms with Crippen LogP contribution in [0.2, 0.25) is 0 Å². The Bertz CT molecular complexity index is 392. The Balaban J connectivity index is 2.26. The van der Waals surface area contributed by atoms with E-state index in [1.165, 1.54) is 7.11 Å². The number of nitrogens with two attached hydrogens (primary N) is 1. The first-order valence-corrected chi connectivity index (χ1v) is 6.16. The molecule has 0 aliphatic rings. The van der Waals surface area contributed by atoms with Crippen LogP contribution in [0.5, 0.6) is 0 Å². The molecule has 1 rings (SSSR count). The summed E-state index contributed by atoms with van der Waals surface area (Å²) in [4.78, 5) is 15.3. The standard InChI is InChI=1S/C12H21N3O4/c1-17-7-8-19-6-4-3-5-15-9-14-10(11(15)13)12(16)18-2/h9H,3-8,13H2,1-2H3. The molecule has 0 spiro atoms. The summed E-state index contributed by atoms with van der Waals surface area (Å²) in [5.74, 6) is -0.175. The zero-order chi connectivity index (χ0) is 14.1. The molecule has 0 unspecified atom stereocenters. The second kappa shape index (κ2) is 8.49. The van der Waals surface area contributed by atoms with Crippen LogP contribution in [-0.4, -0.2) is 49.6 Å². The minimum atomic E-state index is -0.515. The molecule has 0 saturated carbocycles. The summed E-state index contributed by atoms with van der Waals surface area (Å²) < 4.78 is 16.5. The van der Waals surface area contributed by atoms with Crippen molar-refractivity contribution in [3.8, 4) is 0 Å². The van der Waals surface area contributed by atoms with Crippen molar-refractivity contribution in [2.75, 3.05) is 39.8 Å². The van der Waals surface area contributed by atoms with Crippen LogP contribution >= 0.6 is 0 Å². The van der Waals surface area contributed by atoms with Gasteiger partial charge in [0.2, 0.25) is 0 Å². The monoisotopic (exact) mass is 271 g/mol. The highest BCUT2D eigenvalue weighted by molar-refractivity contribution is 5.91. The minimum Gasteiger partial charge on any atom is -0.464 e. The maximum atomic E-state index is 11.3. The molecule has 1 aromatic heterocycles. The summed E-state index contributed by atoms with van der Waals surface area (Å²) in [7, 11) is 2.95. The van der Waals surface area contributed by atoms with Crippen LogP contribution in [0.4, 0.5) is 5.82 Å². The maximum Gasteiger partial charge on any atom is 0.360 e. The molecule has 0 atom stereocenters. The van der Waals surface area contributed by atoms with Crippen LogP contribution in [0.1, 0.15) is 23.3 Å². The van der Waals surface area contributed by atoms with E-state index in [2.05, 4.69) is 9.72 Å². The molecule has 2 N–H and O–H groups in total. The Kier molecular flexibility index (Phi) is 6.91. The van der Waals surface area contributed by atoms with E-state index in [1.807, 2.05) is 0 Å². The Morgan fingerprint density at radius 2 is 2.11 bits per heavy atom. The van der Waals surface area contributed by atoms with Crippen molar-refractivity contribution >= 4 is 11.8 Å². The summed E-state index contributed by atoms with van der Waals surface area (Å²) in [6.45, 7) is 2.60. The van der Waals surface area contributed by atoms with Gasteiger partial charge in [-0.05, 0) is 12.8 Å². The fourth-order valence-electron chi connectivity index (χ4n) is 1.55. The summed E-state index contributed by atoms with van der Waals surface area (Å²) >= 11 is 0. The molecule has 0 fully saturated rings. The number of hydrogen-bond acceptors (Lipinski definition) is 6. The Morgan fingerprint density at radius 1 is 1.32 bits per heavy atom. The predicted molar refractivity (Wildman–Crippen MR) is 69.9 cm³/mol. The first kappa shape index (κ1) is 15.5. The van der Waals surface area contributed by atoms with Gasteiger partial charge in [0.05, 0.1) is 26.7 Å². The maximum absolute atomic E-state index is 11.3. The number of aryl methyl sites for hydroxylation is 1. The van der Waals surface area contributed by atoms with Gasteiger partial charge in [-0.2, -0.15) is 0 Å². The number of rotatable bonds is 9. The highest BCUT2D eigenvalue weighted by Crippen LogP contribution is 2.12. The number of anilines is 1. The van der Waals surface area contributed by atoms with Gasteiger partial charge in [0.25, 0.3) is 0 Å². The normalized spacial score (nSPS) is 10.6. The van der Waals surface area contributed by atoms with Gasteiger partial charge < -0.3 is 24.5 Å². The molecule has 0 bridgehead atoms. The minimum absolute atomic E-state index is 0.166. The molecule has 0 aliphatic heterocycles. The van der Waals surface area contributed by atoms with Gasteiger partial charge in [0.15, 0.2) is 5.69 Å². The second-order valence-electron chi connectivity index (χ2n) is 3.98. The van der Waals surface area contributed by atoms with Gasteiger partial charge in [0.1, 0.15) is 5.82 Å². The van der Waals surface area contributed by atoms with Gasteiger partial charge >= 0.3 is 5.97 Å². The zero-order valence-corrected chi connectivity index (χ0v) is 11.4. The highest BCUT2D eigenvalue weighted by Gasteiger charge is 2.15. The molecule has 0 aliphatic carbocycles. The number of nitrogens with zero attached hydrogens (tertiary/aromatic N) is 2. The second-order valence-corrected chi connectivity index (χ2v) is 3.98. The number of unbranched alkanes of at least 4 members (excludes halogenated alkanes) is 1. The highest BCUT2D eigenvalue weighted by atomic mass is 16.5. The molecule has 1 aromatic rings. The van der Waals surface area contributed by atoms with Gasteiger partial charge in [-0.25, -0.2) is 9.78 Å². The van der Waals surface area contributed by atoms with Crippen molar-refractivity contribution < 1.29 is 19.0 Å². The van der Waals surface area contributed by atoms with E-state index in [0.717, 1.165) is 12.8 Å². The summed E-state index contributed by atoms with van der Waals surface area (Å²) in [5.41, 5.74) is 5.98. The first-order valence-electron chi connectivity index (χ1n) is 6.16. The quantitative estimate of drug-likeness (QED) is 0.525. The topological polar surface area (TPSA) is 88.6 Å². The van der Waals surface area contributed by atoms with Crippen LogP contribution in [-0.2, 0) is 20.8 Å². The average molecular weight is 271 g/mol. The third kappa shape index (κ3) is 4.88. The molecule has 19 heavy (non-hydrogen) atoms. The van der Waals surface area contributed by atoms with Crippen molar-refractivity contribution in [3.05, 3.63) is 12.0 Å². The summed E-state index contributed by atoms with van der Waals surface area (Å²) in [6, 6.07) is 0. The van der Waals surface area contributed by atoms with Crippen molar-refractivity contribution in [1.82, 2.24) is 9.55 Å². The van der Waals surface area contributed by atoms with E-state index in [-0.39, 0.29) is 5.69 Å². The molecule has 0 radical (unpaired) electrons. The number of carbonyl (C=O) groups is 1. The lowest BCUT2D eigenvalue weighted by atomic mass is 10.3. The average Bonchev–Trinajstić information content (AvgIpc) is 2.78. The van der Waals surface area contributed by atoms with E-state index in [4.69, 9.17) is 15.2 Å². The van der Waals surface area contributed by atoms with E-state index in [9.17, 15) is 4.79 Å². The van der Waals surface area contributed by atoms with Gasteiger partial charge in [-0.3, -0.25) is 0 Å². The zero-order valence-electron chi connectivity index (χ0n) is 11.4. The summed E-state index contributed by atoms with van der Waals surface area (Å²) in [5, 5.41) is 0. The lowest BCUT2D eigenvalue weighted by Gasteiger charge is -2.06. The molecule has 0 aromatic carbocycles. The van der Waals surface area contributed by atoms with Crippen LogP contribution in [0.15, 0.2) is 6.33 Å².